The van der Waals surface area contributed by atoms with Crippen LogP contribution >= 0.6 is 9.85 Å². The molecule has 1 fully saturated rings. The Bertz CT molecular complexity index is 353. The van der Waals surface area contributed by atoms with Crippen LogP contribution in [0.4, 0.5) is 0 Å². The van der Waals surface area contributed by atoms with Gasteiger partial charge in [-0.25, -0.2) is 0 Å². The zero-order valence-electron chi connectivity index (χ0n) is 9.10. The third kappa shape index (κ3) is 3.15. The van der Waals surface area contributed by atoms with Crippen molar-refractivity contribution in [3.05, 3.63) is 41.5 Å². The van der Waals surface area contributed by atoms with Gasteiger partial charge in [-0.15, -0.1) is 0 Å². The second-order valence-electron chi connectivity index (χ2n) is 3.85. The predicted molar refractivity (Wildman–Crippen MR) is 64.1 cm³/mol. The molecule has 1 aliphatic heterocycles. The Balaban J connectivity index is 0.000000162. The van der Waals surface area contributed by atoms with Gasteiger partial charge in [0.2, 0.25) is 0 Å². The summed E-state index contributed by atoms with van der Waals surface area (Å²) in [7, 11) is 5.88. The SMILES string of the molecule is C1CCOC1.[Cl][V][CH]1C=Cc2ccccc21. The Morgan fingerprint density at radius 3 is 2.56 bits per heavy atom. The Morgan fingerprint density at radius 1 is 1.19 bits per heavy atom. The van der Waals surface area contributed by atoms with Crippen molar-refractivity contribution in [2.24, 2.45) is 0 Å². The van der Waals surface area contributed by atoms with Gasteiger partial charge in [-0.05, 0) is 12.8 Å². The molecule has 16 heavy (non-hydrogen) atoms. The van der Waals surface area contributed by atoms with Crippen molar-refractivity contribution in [2.75, 3.05) is 13.2 Å². The number of ether oxygens (including phenoxy) is 1. The van der Waals surface area contributed by atoms with Gasteiger partial charge >= 0.3 is 77.4 Å². The molecule has 0 amide bonds. The standard InChI is InChI=1S/C9H7.C4H8O.ClH.V/c1-2-5-9-7-3-6-8(9)4-1;1-2-4-5-3-1;;/h1-7H;1-4H2;1H;/q;;;+1/p-1. The average Bonchev–Trinajstić information content (AvgIpc) is 3.02. The van der Waals surface area contributed by atoms with E-state index in [1.54, 1.807) is 0 Å². The summed E-state index contributed by atoms with van der Waals surface area (Å²) in [5, 5.41) is 0. The molecular formula is C13H15ClOV. The first-order valence-corrected chi connectivity index (χ1v) is 8.30. The fourth-order valence-electron chi connectivity index (χ4n) is 1.83. The van der Waals surface area contributed by atoms with Crippen LogP contribution in [0.25, 0.3) is 6.08 Å². The van der Waals surface area contributed by atoms with Gasteiger partial charge in [-0.1, -0.05) is 0 Å². The van der Waals surface area contributed by atoms with E-state index in [0.717, 1.165) is 13.2 Å². The number of fused-ring (bicyclic) bond motifs is 1. The Hall–Kier alpha value is -0.206. The summed E-state index contributed by atoms with van der Waals surface area (Å²) in [4.78, 5) is 0. The molecule has 1 aromatic rings. The molecular weight excluding hydrogens is 259 g/mol. The summed E-state index contributed by atoms with van der Waals surface area (Å²) in [5.74, 6) is 0. The molecule has 0 saturated carbocycles. The average molecular weight is 274 g/mol. The first-order valence-electron chi connectivity index (χ1n) is 5.58. The molecule has 1 heterocycles. The van der Waals surface area contributed by atoms with Crippen molar-refractivity contribution < 1.29 is 20.1 Å². The maximum absolute atomic E-state index is 5.88. The van der Waals surface area contributed by atoms with E-state index in [1.807, 2.05) is 0 Å². The molecule has 0 aromatic heterocycles. The molecule has 2 aliphatic rings. The molecule has 1 atom stereocenters. The third-order valence-electron chi connectivity index (χ3n) is 2.71. The maximum atomic E-state index is 5.88. The van der Waals surface area contributed by atoms with Gasteiger partial charge in [0, 0.05) is 13.2 Å². The van der Waals surface area contributed by atoms with E-state index < -0.39 is 0 Å². The molecule has 1 nitrogen and oxygen atoms in total. The Labute approximate surface area is 108 Å². The second kappa shape index (κ2) is 6.51. The monoisotopic (exact) mass is 273 g/mol. The van der Waals surface area contributed by atoms with E-state index in [2.05, 4.69) is 36.4 Å². The van der Waals surface area contributed by atoms with Crippen LogP contribution in [0.2, 0.25) is 0 Å². The summed E-state index contributed by atoms with van der Waals surface area (Å²) < 4.78 is 5.48. The molecule has 0 bridgehead atoms. The van der Waals surface area contributed by atoms with Crippen LogP contribution in [0.15, 0.2) is 30.3 Å². The van der Waals surface area contributed by atoms with Gasteiger partial charge in [0.25, 0.3) is 0 Å². The van der Waals surface area contributed by atoms with Gasteiger partial charge in [0.05, 0.1) is 0 Å². The third-order valence-corrected chi connectivity index (χ3v) is 4.60. The molecule has 1 unspecified atom stereocenters. The van der Waals surface area contributed by atoms with E-state index in [4.69, 9.17) is 14.6 Å². The zero-order valence-corrected chi connectivity index (χ0v) is 11.3. The fourth-order valence-corrected chi connectivity index (χ4v) is 3.30. The number of benzene rings is 1. The van der Waals surface area contributed by atoms with Gasteiger partial charge in [-0.3, -0.25) is 0 Å². The fraction of sp³-hybridized carbons (Fsp3) is 0.385. The minimum atomic E-state index is -0.0686. The van der Waals surface area contributed by atoms with Crippen LogP contribution in [-0.2, 0) is 20.1 Å². The Kier molecular flexibility index (Phi) is 4.99. The molecule has 1 aliphatic carbocycles. The first kappa shape index (κ1) is 12.3. The van der Waals surface area contributed by atoms with Crippen molar-refractivity contribution in [1.29, 1.82) is 0 Å². The van der Waals surface area contributed by atoms with E-state index in [0.29, 0.717) is 4.63 Å². The van der Waals surface area contributed by atoms with Crippen LogP contribution < -0.4 is 0 Å². The van der Waals surface area contributed by atoms with Gasteiger partial charge in [-0.2, -0.15) is 0 Å². The minimum absolute atomic E-state index is 0.0686. The molecule has 1 aromatic carbocycles. The van der Waals surface area contributed by atoms with E-state index >= 15 is 0 Å². The summed E-state index contributed by atoms with van der Waals surface area (Å²) in [5.41, 5.74) is 2.75. The normalized spacial score (nSPS) is 21.2. The predicted octanol–water partition coefficient (Wildman–Crippen LogP) is 3.79. The van der Waals surface area contributed by atoms with E-state index in [9.17, 15) is 0 Å². The molecule has 0 radical (unpaired) electrons. The molecule has 0 spiro atoms. The number of hydrogen-bond acceptors (Lipinski definition) is 1. The second-order valence-corrected chi connectivity index (χ2v) is 5.83. The van der Waals surface area contributed by atoms with Gasteiger partial charge in [0.15, 0.2) is 0 Å². The number of allylic oxidation sites excluding steroid dienone is 1. The van der Waals surface area contributed by atoms with Gasteiger partial charge < -0.3 is 4.74 Å². The summed E-state index contributed by atoms with van der Waals surface area (Å²) >= 11 is -0.0686. The number of halogens is 1. The molecule has 3 heteroatoms. The van der Waals surface area contributed by atoms with Crippen molar-refractivity contribution >= 4 is 15.9 Å². The number of hydrogen-bond donors (Lipinski definition) is 0. The van der Waals surface area contributed by atoms with E-state index in [1.165, 1.54) is 24.0 Å². The van der Waals surface area contributed by atoms with Crippen LogP contribution in [0.1, 0.15) is 28.6 Å². The van der Waals surface area contributed by atoms with Crippen molar-refractivity contribution in [3.63, 3.8) is 0 Å². The van der Waals surface area contributed by atoms with Crippen LogP contribution in [0, 0.1) is 0 Å². The van der Waals surface area contributed by atoms with Crippen LogP contribution in [-0.4, -0.2) is 13.2 Å². The molecule has 0 N–H and O–H groups in total. The van der Waals surface area contributed by atoms with Crippen molar-refractivity contribution in [3.8, 4) is 0 Å². The summed E-state index contributed by atoms with van der Waals surface area (Å²) in [6.07, 6.45) is 6.93. The topological polar surface area (TPSA) is 9.23 Å². The molecule has 3 rings (SSSR count). The van der Waals surface area contributed by atoms with Crippen LogP contribution in [0.5, 0.6) is 0 Å². The van der Waals surface area contributed by atoms with Crippen molar-refractivity contribution in [2.45, 2.75) is 17.5 Å². The zero-order chi connectivity index (χ0) is 11.2. The molecule has 1 saturated heterocycles. The Morgan fingerprint density at radius 2 is 1.94 bits per heavy atom. The molecule has 85 valence electrons. The van der Waals surface area contributed by atoms with E-state index in [-0.39, 0.29) is 15.3 Å². The van der Waals surface area contributed by atoms with Crippen LogP contribution in [0.3, 0.4) is 0 Å². The summed E-state index contributed by atoms with van der Waals surface area (Å²) in [6.45, 7) is 2.00. The number of rotatable bonds is 1. The summed E-state index contributed by atoms with van der Waals surface area (Å²) in [6, 6.07) is 8.44. The first-order chi connectivity index (χ1) is 7.92. The van der Waals surface area contributed by atoms with Crippen molar-refractivity contribution in [1.82, 2.24) is 0 Å². The van der Waals surface area contributed by atoms with Gasteiger partial charge in [0.1, 0.15) is 0 Å². The quantitative estimate of drug-likeness (QED) is 0.756.